The Kier molecular flexibility index (Phi) is 3.52. The molecule has 1 heterocycles. The predicted molar refractivity (Wildman–Crippen MR) is 62.6 cm³/mol. The van der Waals surface area contributed by atoms with E-state index in [9.17, 15) is 14.0 Å². The number of benzene rings is 1. The lowest BCUT2D eigenvalue weighted by Crippen LogP contribution is -2.25. The second-order valence-electron chi connectivity index (χ2n) is 4.26. The zero-order chi connectivity index (χ0) is 13.3. The molecule has 0 aromatic heterocycles. The van der Waals surface area contributed by atoms with Crippen molar-refractivity contribution >= 4 is 23.5 Å². The first kappa shape index (κ1) is 12.8. The Bertz CT molecular complexity index is 506. The van der Waals surface area contributed by atoms with E-state index in [0.29, 0.717) is 5.56 Å². The summed E-state index contributed by atoms with van der Waals surface area (Å²) < 4.78 is 13.0. The van der Waals surface area contributed by atoms with Crippen molar-refractivity contribution in [1.29, 1.82) is 0 Å². The summed E-state index contributed by atoms with van der Waals surface area (Å²) in [4.78, 5) is 23.8. The number of aliphatic carboxylic acids is 1. The SMILES string of the molecule is O=C(O)C1CC(=O)N(Cc2ccc(F)c(Cl)c2)C1. The van der Waals surface area contributed by atoms with Gasteiger partial charge in [-0.2, -0.15) is 0 Å². The van der Waals surface area contributed by atoms with E-state index in [1.165, 1.54) is 23.1 Å². The molecule has 1 aromatic rings. The fraction of sp³-hybridized carbons (Fsp3) is 0.333. The number of carbonyl (C=O) groups excluding carboxylic acids is 1. The molecule has 96 valence electrons. The molecule has 0 spiro atoms. The van der Waals surface area contributed by atoms with Crippen molar-refractivity contribution in [2.75, 3.05) is 6.54 Å². The molecule has 2 rings (SSSR count). The van der Waals surface area contributed by atoms with Gasteiger partial charge in [-0.15, -0.1) is 0 Å². The van der Waals surface area contributed by atoms with E-state index < -0.39 is 17.7 Å². The van der Waals surface area contributed by atoms with Crippen LogP contribution in [0.4, 0.5) is 4.39 Å². The summed E-state index contributed by atoms with van der Waals surface area (Å²) in [5.74, 6) is -2.35. The van der Waals surface area contributed by atoms with Gasteiger partial charge in [-0.05, 0) is 17.7 Å². The van der Waals surface area contributed by atoms with E-state index in [2.05, 4.69) is 0 Å². The number of rotatable bonds is 3. The summed E-state index contributed by atoms with van der Waals surface area (Å²) >= 11 is 5.64. The van der Waals surface area contributed by atoms with Gasteiger partial charge in [-0.3, -0.25) is 9.59 Å². The van der Waals surface area contributed by atoms with E-state index >= 15 is 0 Å². The fourth-order valence-corrected chi connectivity index (χ4v) is 2.15. The lowest BCUT2D eigenvalue weighted by atomic mass is 10.1. The second kappa shape index (κ2) is 4.94. The largest absolute Gasteiger partial charge is 0.481 e. The monoisotopic (exact) mass is 271 g/mol. The van der Waals surface area contributed by atoms with Crippen LogP contribution in [0.2, 0.25) is 5.02 Å². The Morgan fingerprint density at radius 2 is 2.28 bits per heavy atom. The maximum Gasteiger partial charge on any atom is 0.308 e. The minimum atomic E-state index is -0.969. The molecule has 4 nitrogen and oxygen atoms in total. The van der Waals surface area contributed by atoms with Gasteiger partial charge in [0.15, 0.2) is 0 Å². The van der Waals surface area contributed by atoms with Gasteiger partial charge in [0.2, 0.25) is 5.91 Å². The molecule has 1 aliphatic heterocycles. The molecule has 1 aliphatic rings. The number of hydrogen-bond donors (Lipinski definition) is 1. The van der Waals surface area contributed by atoms with Gasteiger partial charge >= 0.3 is 5.97 Å². The van der Waals surface area contributed by atoms with Crippen LogP contribution in [0.15, 0.2) is 18.2 Å². The smallest absolute Gasteiger partial charge is 0.308 e. The molecule has 0 aliphatic carbocycles. The van der Waals surface area contributed by atoms with Crippen LogP contribution >= 0.6 is 11.6 Å². The highest BCUT2D eigenvalue weighted by atomic mass is 35.5. The van der Waals surface area contributed by atoms with Gasteiger partial charge < -0.3 is 10.0 Å². The van der Waals surface area contributed by atoms with Crippen molar-refractivity contribution < 1.29 is 19.1 Å². The second-order valence-corrected chi connectivity index (χ2v) is 4.67. The van der Waals surface area contributed by atoms with Crippen LogP contribution in [0.5, 0.6) is 0 Å². The van der Waals surface area contributed by atoms with E-state index in [1.54, 1.807) is 0 Å². The summed E-state index contributed by atoms with van der Waals surface area (Å²) in [7, 11) is 0. The lowest BCUT2D eigenvalue weighted by molar-refractivity contribution is -0.141. The maximum absolute atomic E-state index is 13.0. The molecular formula is C12H11ClFNO3. The minimum absolute atomic E-state index is 0.00562. The van der Waals surface area contributed by atoms with Crippen molar-refractivity contribution in [1.82, 2.24) is 4.90 Å². The van der Waals surface area contributed by atoms with E-state index in [1.807, 2.05) is 0 Å². The lowest BCUT2D eigenvalue weighted by Gasteiger charge is -2.16. The quantitative estimate of drug-likeness (QED) is 0.914. The summed E-state index contributed by atoms with van der Waals surface area (Å²) in [6, 6.07) is 4.20. The summed E-state index contributed by atoms with van der Waals surface area (Å²) in [5.41, 5.74) is 0.681. The molecule has 0 bridgehead atoms. The standard InChI is InChI=1S/C12H11ClFNO3/c13-9-3-7(1-2-10(9)14)5-15-6-8(12(17)18)4-11(15)16/h1-3,8H,4-6H2,(H,17,18). The third-order valence-electron chi connectivity index (χ3n) is 2.92. The van der Waals surface area contributed by atoms with Crippen LogP contribution in [-0.2, 0) is 16.1 Å². The molecule has 1 amide bonds. The first-order valence-electron chi connectivity index (χ1n) is 5.42. The van der Waals surface area contributed by atoms with Crippen molar-refractivity contribution in [3.8, 4) is 0 Å². The summed E-state index contributed by atoms with van der Waals surface area (Å²) in [6.45, 7) is 0.436. The van der Waals surface area contributed by atoms with E-state index in [4.69, 9.17) is 16.7 Å². The fourth-order valence-electron chi connectivity index (χ4n) is 1.95. The third kappa shape index (κ3) is 2.61. The molecule has 0 radical (unpaired) electrons. The van der Waals surface area contributed by atoms with Gasteiger partial charge in [0.05, 0.1) is 10.9 Å². The topological polar surface area (TPSA) is 57.6 Å². The number of nitrogens with zero attached hydrogens (tertiary/aromatic N) is 1. The van der Waals surface area contributed by atoms with Gasteiger partial charge in [0, 0.05) is 19.5 Å². The number of halogens is 2. The van der Waals surface area contributed by atoms with Crippen molar-refractivity contribution in [2.24, 2.45) is 5.92 Å². The molecule has 6 heteroatoms. The van der Waals surface area contributed by atoms with Crippen molar-refractivity contribution in [3.05, 3.63) is 34.6 Å². The molecule has 1 unspecified atom stereocenters. The molecule has 1 fully saturated rings. The van der Waals surface area contributed by atoms with Gasteiger partial charge in [0.25, 0.3) is 0 Å². The molecular weight excluding hydrogens is 261 g/mol. The number of carbonyl (C=O) groups is 2. The van der Waals surface area contributed by atoms with E-state index in [0.717, 1.165) is 0 Å². The Morgan fingerprint density at radius 1 is 1.56 bits per heavy atom. The number of carboxylic acids is 1. The normalized spacial score (nSPS) is 19.3. The average Bonchev–Trinajstić information content (AvgIpc) is 2.66. The molecule has 1 saturated heterocycles. The maximum atomic E-state index is 13.0. The Labute approximate surface area is 108 Å². The highest BCUT2D eigenvalue weighted by molar-refractivity contribution is 6.30. The number of amides is 1. The first-order chi connectivity index (χ1) is 8.47. The van der Waals surface area contributed by atoms with E-state index in [-0.39, 0.29) is 30.4 Å². The Balaban J connectivity index is 2.08. The molecule has 1 atom stereocenters. The molecule has 1 N–H and O–H groups in total. The average molecular weight is 272 g/mol. The van der Waals surface area contributed by atoms with Gasteiger partial charge in [0.1, 0.15) is 5.82 Å². The highest BCUT2D eigenvalue weighted by Gasteiger charge is 2.34. The zero-order valence-electron chi connectivity index (χ0n) is 9.40. The minimum Gasteiger partial charge on any atom is -0.481 e. The third-order valence-corrected chi connectivity index (χ3v) is 3.21. The molecule has 1 aromatic carbocycles. The summed E-state index contributed by atoms with van der Waals surface area (Å²) in [6.07, 6.45) is 0.0181. The van der Waals surface area contributed by atoms with Gasteiger partial charge in [-0.1, -0.05) is 17.7 Å². The van der Waals surface area contributed by atoms with Crippen LogP contribution in [0.25, 0.3) is 0 Å². The van der Waals surface area contributed by atoms with Crippen LogP contribution in [-0.4, -0.2) is 28.4 Å². The Morgan fingerprint density at radius 3 is 2.83 bits per heavy atom. The van der Waals surface area contributed by atoms with Crippen molar-refractivity contribution in [2.45, 2.75) is 13.0 Å². The highest BCUT2D eigenvalue weighted by Crippen LogP contribution is 2.22. The molecule has 0 saturated carbocycles. The number of carboxylic acid groups (broad SMARTS) is 1. The van der Waals surface area contributed by atoms with Crippen LogP contribution in [0.3, 0.4) is 0 Å². The van der Waals surface area contributed by atoms with Gasteiger partial charge in [-0.25, -0.2) is 4.39 Å². The zero-order valence-corrected chi connectivity index (χ0v) is 10.2. The Hall–Kier alpha value is -1.62. The van der Waals surface area contributed by atoms with Crippen LogP contribution in [0.1, 0.15) is 12.0 Å². The first-order valence-corrected chi connectivity index (χ1v) is 5.79. The predicted octanol–water partition coefficient (Wildman–Crippen LogP) is 1.91. The number of likely N-dealkylation sites (tertiary alicyclic amines) is 1. The van der Waals surface area contributed by atoms with Crippen LogP contribution in [0, 0.1) is 11.7 Å². The number of hydrogen-bond acceptors (Lipinski definition) is 2. The summed E-state index contributed by atoms with van der Waals surface area (Å²) in [5, 5.41) is 8.84. The van der Waals surface area contributed by atoms with Crippen molar-refractivity contribution in [3.63, 3.8) is 0 Å². The van der Waals surface area contributed by atoms with Crippen LogP contribution < -0.4 is 0 Å². The molecule has 18 heavy (non-hydrogen) atoms.